The molecule has 4 aromatic carbocycles. The van der Waals surface area contributed by atoms with E-state index in [4.69, 9.17) is 4.74 Å². The van der Waals surface area contributed by atoms with Crippen LogP contribution in [0.3, 0.4) is 0 Å². The summed E-state index contributed by atoms with van der Waals surface area (Å²) in [6.07, 6.45) is 0.998. The zero-order valence-electron chi connectivity index (χ0n) is 25.3. The predicted molar refractivity (Wildman–Crippen MR) is 173 cm³/mol. The molecule has 0 saturated heterocycles. The van der Waals surface area contributed by atoms with Gasteiger partial charge in [-0.3, -0.25) is 13.9 Å². The first-order valence-electron chi connectivity index (χ1n) is 14.6. The SMILES string of the molecule is CCCNC(=O)C(Cc1ccccc1)N(Cc1ccccc1C)C(=O)CN(c1ccc(OC)cc1)S(=O)(=O)c1ccccc1. The zero-order chi connectivity index (χ0) is 31.5. The fraction of sp³-hybridized carbons (Fsp3) is 0.257. The van der Waals surface area contributed by atoms with E-state index in [0.29, 0.717) is 18.0 Å². The van der Waals surface area contributed by atoms with Gasteiger partial charge in [-0.2, -0.15) is 0 Å². The molecule has 0 aliphatic rings. The van der Waals surface area contributed by atoms with Crippen LogP contribution in [0.2, 0.25) is 0 Å². The van der Waals surface area contributed by atoms with Crippen molar-refractivity contribution in [3.63, 3.8) is 0 Å². The topological polar surface area (TPSA) is 96.0 Å². The number of aryl methyl sites for hydroxylation is 1. The van der Waals surface area contributed by atoms with E-state index < -0.39 is 28.5 Å². The van der Waals surface area contributed by atoms with Crippen molar-refractivity contribution in [1.82, 2.24) is 10.2 Å². The first-order chi connectivity index (χ1) is 21.2. The molecule has 1 atom stereocenters. The van der Waals surface area contributed by atoms with Gasteiger partial charge in [0.05, 0.1) is 17.7 Å². The highest BCUT2D eigenvalue weighted by molar-refractivity contribution is 7.92. The van der Waals surface area contributed by atoms with Gasteiger partial charge in [-0.1, -0.05) is 79.7 Å². The van der Waals surface area contributed by atoms with Crippen molar-refractivity contribution in [2.45, 2.75) is 44.2 Å². The maximum atomic E-state index is 14.5. The molecular formula is C35H39N3O5S. The molecule has 8 nitrogen and oxygen atoms in total. The van der Waals surface area contributed by atoms with Gasteiger partial charge in [0.15, 0.2) is 0 Å². The molecule has 0 aliphatic carbocycles. The number of rotatable bonds is 14. The van der Waals surface area contributed by atoms with Crippen molar-refractivity contribution in [1.29, 1.82) is 0 Å². The molecule has 44 heavy (non-hydrogen) atoms. The van der Waals surface area contributed by atoms with Gasteiger partial charge in [0.1, 0.15) is 18.3 Å². The number of hydrogen-bond donors (Lipinski definition) is 1. The second kappa shape index (κ2) is 15.2. The van der Waals surface area contributed by atoms with Crippen LogP contribution in [-0.2, 0) is 32.6 Å². The third-order valence-corrected chi connectivity index (χ3v) is 9.18. The average Bonchev–Trinajstić information content (AvgIpc) is 3.05. The van der Waals surface area contributed by atoms with Gasteiger partial charge in [0.2, 0.25) is 11.8 Å². The molecule has 0 aliphatic heterocycles. The molecule has 230 valence electrons. The summed E-state index contributed by atoms with van der Waals surface area (Å²) in [7, 11) is -2.63. The summed E-state index contributed by atoms with van der Waals surface area (Å²) >= 11 is 0. The minimum atomic E-state index is -4.16. The quantitative estimate of drug-likeness (QED) is 0.207. The maximum absolute atomic E-state index is 14.5. The largest absolute Gasteiger partial charge is 0.497 e. The van der Waals surface area contributed by atoms with Crippen molar-refractivity contribution in [2.24, 2.45) is 0 Å². The summed E-state index contributed by atoms with van der Waals surface area (Å²) in [5, 5.41) is 2.96. The van der Waals surface area contributed by atoms with Gasteiger partial charge in [-0.25, -0.2) is 8.42 Å². The number of carbonyl (C=O) groups excluding carboxylic acids is 2. The first kappa shape index (κ1) is 32.3. The number of carbonyl (C=O) groups is 2. The summed E-state index contributed by atoms with van der Waals surface area (Å²) in [5.41, 5.74) is 3.01. The number of amides is 2. The van der Waals surface area contributed by atoms with Crippen LogP contribution in [0, 0.1) is 6.92 Å². The second-order valence-corrected chi connectivity index (χ2v) is 12.3. The molecule has 0 heterocycles. The lowest BCUT2D eigenvalue weighted by Crippen LogP contribution is -2.53. The Morgan fingerprint density at radius 1 is 0.841 bits per heavy atom. The number of ether oxygens (including phenoxy) is 1. The van der Waals surface area contributed by atoms with E-state index in [0.717, 1.165) is 27.4 Å². The summed E-state index contributed by atoms with van der Waals surface area (Å²) in [6, 6.07) is 30.8. The van der Waals surface area contributed by atoms with Crippen LogP contribution in [0.1, 0.15) is 30.0 Å². The molecule has 0 bridgehead atoms. The second-order valence-electron chi connectivity index (χ2n) is 10.5. The fourth-order valence-corrected chi connectivity index (χ4v) is 6.32. The minimum absolute atomic E-state index is 0.0515. The highest BCUT2D eigenvalue weighted by Crippen LogP contribution is 2.27. The number of anilines is 1. The number of benzene rings is 4. The van der Waals surface area contributed by atoms with E-state index in [2.05, 4.69) is 5.32 Å². The monoisotopic (exact) mass is 613 g/mol. The lowest BCUT2D eigenvalue weighted by Gasteiger charge is -2.34. The Hall–Kier alpha value is -4.63. The fourth-order valence-electron chi connectivity index (χ4n) is 4.89. The third-order valence-electron chi connectivity index (χ3n) is 7.39. The lowest BCUT2D eigenvalue weighted by molar-refractivity contribution is -0.140. The first-order valence-corrected chi connectivity index (χ1v) is 16.1. The lowest BCUT2D eigenvalue weighted by atomic mass is 10.0. The number of hydrogen-bond acceptors (Lipinski definition) is 5. The van der Waals surface area contributed by atoms with Crippen molar-refractivity contribution in [3.8, 4) is 5.75 Å². The van der Waals surface area contributed by atoms with E-state index in [-0.39, 0.29) is 23.8 Å². The molecule has 9 heteroatoms. The molecule has 4 rings (SSSR count). The molecule has 0 aromatic heterocycles. The smallest absolute Gasteiger partial charge is 0.264 e. The van der Waals surface area contributed by atoms with Crippen LogP contribution < -0.4 is 14.4 Å². The Morgan fingerprint density at radius 2 is 1.45 bits per heavy atom. The Labute approximate surface area is 260 Å². The van der Waals surface area contributed by atoms with E-state index in [9.17, 15) is 18.0 Å². The van der Waals surface area contributed by atoms with Crippen LogP contribution in [0.25, 0.3) is 0 Å². The molecule has 4 aromatic rings. The summed E-state index contributed by atoms with van der Waals surface area (Å²) < 4.78 is 34.4. The summed E-state index contributed by atoms with van der Waals surface area (Å²) in [6.45, 7) is 3.98. The Morgan fingerprint density at radius 3 is 2.07 bits per heavy atom. The summed E-state index contributed by atoms with van der Waals surface area (Å²) in [5.74, 6) is -0.246. The molecule has 0 radical (unpaired) electrons. The van der Waals surface area contributed by atoms with E-state index in [1.165, 1.54) is 24.1 Å². The number of nitrogens with zero attached hydrogens (tertiary/aromatic N) is 2. The van der Waals surface area contributed by atoms with Crippen LogP contribution in [0.15, 0.2) is 114 Å². The molecule has 0 fully saturated rings. The third kappa shape index (κ3) is 8.05. The van der Waals surface area contributed by atoms with Gasteiger partial charge in [-0.15, -0.1) is 0 Å². The van der Waals surface area contributed by atoms with E-state index >= 15 is 0 Å². The standard InChI is InChI=1S/C35H39N3O5S/c1-4-23-36-35(40)33(24-28-14-7-5-8-15-28)37(25-29-16-12-11-13-27(29)2)34(39)26-38(30-19-21-31(43-3)22-20-30)44(41,42)32-17-9-6-10-18-32/h5-22,33H,4,23-26H2,1-3H3,(H,36,40). The molecule has 0 saturated carbocycles. The van der Waals surface area contributed by atoms with Gasteiger partial charge >= 0.3 is 0 Å². The Bertz CT molecular complexity index is 1630. The van der Waals surface area contributed by atoms with Gasteiger partial charge < -0.3 is 15.0 Å². The van der Waals surface area contributed by atoms with Crippen LogP contribution in [-0.4, -0.2) is 51.4 Å². The van der Waals surface area contributed by atoms with Crippen molar-refractivity contribution in [2.75, 3.05) is 24.5 Å². The predicted octanol–water partition coefficient (Wildman–Crippen LogP) is 5.37. The van der Waals surface area contributed by atoms with Gasteiger partial charge in [0, 0.05) is 19.5 Å². The van der Waals surface area contributed by atoms with E-state index in [1.54, 1.807) is 42.5 Å². The average molecular weight is 614 g/mol. The molecule has 1 unspecified atom stereocenters. The Balaban J connectivity index is 1.80. The van der Waals surface area contributed by atoms with Gasteiger partial charge in [0.25, 0.3) is 10.0 Å². The van der Waals surface area contributed by atoms with E-state index in [1.807, 2.05) is 68.4 Å². The minimum Gasteiger partial charge on any atom is -0.497 e. The number of sulfonamides is 1. The zero-order valence-corrected chi connectivity index (χ0v) is 26.2. The molecular weight excluding hydrogens is 574 g/mol. The number of methoxy groups -OCH3 is 1. The summed E-state index contributed by atoms with van der Waals surface area (Å²) in [4.78, 5) is 29.8. The van der Waals surface area contributed by atoms with Crippen LogP contribution in [0.5, 0.6) is 5.75 Å². The van der Waals surface area contributed by atoms with Crippen LogP contribution >= 0.6 is 0 Å². The molecule has 0 spiro atoms. The number of nitrogens with one attached hydrogen (secondary N) is 1. The van der Waals surface area contributed by atoms with Crippen molar-refractivity contribution < 1.29 is 22.7 Å². The molecule has 2 amide bonds. The molecule has 1 N–H and O–H groups in total. The van der Waals surface area contributed by atoms with Gasteiger partial charge in [-0.05, 0) is 66.4 Å². The Kier molecular flexibility index (Phi) is 11.2. The normalized spacial score (nSPS) is 11.8. The highest BCUT2D eigenvalue weighted by Gasteiger charge is 2.34. The van der Waals surface area contributed by atoms with Crippen molar-refractivity contribution >= 4 is 27.5 Å². The van der Waals surface area contributed by atoms with Crippen LogP contribution in [0.4, 0.5) is 5.69 Å². The maximum Gasteiger partial charge on any atom is 0.264 e. The van der Waals surface area contributed by atoms with Crippen molar-refractivity contribution in [3.05, 3.63) is 126 Å². The highest BCUT2D eigenvalue weighted by atomic mass is 32.2.